The van der Waals surface area contributed by atoms with E-state index in [0.717, 1.165) is 36.8 Å². The minimum Gasteiger partial charge on any atom is -0.351 e. The topological polar surface area (TPSA) is 49.4 Å². The summed E-state index contributed by atoms with van der Waals surface area (Å²) in [6.07, 6.45) is 8.73. The standard InChI is InChI=1S/C26H32N2O2/c1-26(25(30)27-22-15-8-3-2-4-9-16-22)18-21-14-10-11-17-23(21)24(29)28(26)19-20-12-6-5-7-13-20/h5-7,10-14,17,22H,2-4,8-9,15-16,18-19H2,1H3,(H,27,30). The summed E-state index contributed by atoms with van der Waals surface area (Å²) in [5, 5.41) is 3.33. The molecule has 1 aliphatic heterocycles. The molecule has 4 heteroatoms. The van der Waals surface area contributed by atoms with Crippen LogP contribution in [0.4, 0.5) is 0 Å². The SMILES string of the molecule is CC1(C(=O)NC2CCCCCCC2)Cc2ccccc2C(=O)N1Cc1ccccc1. The monoisotopic (exact) mass is 404 g/mol. The van der Waals surface area contributed by atoms with Crippen molar-refractivity contribution in [1.29, 1.82) is 0 Å². The summed E-state index contributed by atoms with van der Waals surface area (Å²) in [5.41, 5.74) is 1.81. The van der Waals surface area contributed by atoms with Gasteiger partial charge >= 0.3 is 0 Å². The van der Waals surface area contributed by atoms with Gasteiger partial charge in [-0.05, 0) is 37.0 Å². The molecule has 0 bridgehead atoms. The molecule has 0 spiro atoms. The summed E-state index contributed by atoms with van der Waals surface area (Å²) in [4.78, 5) is 28.9. The first kappa shape index (κ1) is 20.6. The summed E-state index contributed by atoms with van der Waals surface area (Å²) >= 11 is 0. The van der Waals surface area contributed by atoms with E-state index >= 15 is 0 Å². The van der Waals surface area contributed by atoms with Crippen molar-refractivity contribution in [1.82, 2.24) is 10.2 Å². The van der Waals surface area contributed by atoms with Crippen LogP contribution in [0.1, 0.15) is 73.4 Å². The molecule has 1 heterocycles. The van der Waals surface area contributed by atoms with Crippen molar-refractivity contribution in [3.8, 4) is 0 Å². The molecule has 1 aliphatic carbocycles. The van der Waals surface area contributed by atoms with Crippen LogP contribution in [0.25, 0.3) is 0 Å². The molecule has 0 saturated heterocycles. The van der Waals surface area contributed by atoms with Gasteiger partial charge in [-0.2, -0.15) is 0 Å². The van der Waals surface area contributed by atoms with E-state index in [0.29, 0.717) is 18.5 Å². The van der Waals surface area contributed by atoms with Gasteiger partial charge in [0, 0.05) is 24.6 Å². The molecule has 1 unspecified atom stereocenters. The smallest absolute Gasteiger partial charge is 0.255 e. The van der Waals surface area contributed by atoms with Gasteiger partial charge in [0.25, 0.3) is 5.91 Å². The van der Waals surface area contributed by atoms with Crippen LogP contribution in [0.3, 0.4) is 0 Å². The van der Waals surface area contributed by atoms with Crippen LogP contribution in [0.15, 0.2) is 54.6 Å². The number of hydrogen-bond acceptors (Lipinski definition) is 2. The second-order valence-corrected chi connectivity index (χ2v) is 9.00. The van der Waals surface area contributed by atoms with Gasteiger partial charge in [-0.25, -0.2) is 0 Å². The number of rotatable bonds is 4. The summed E-state index contributed by atoms with van der Waals surface area (Å²) in [6, 6.07) is 17.9. The van der Waals surface area contributed by atoms with E-state index < -0.39 is 5.54 Å². The first-order valence-electron chi connectivity index (χ1n) is 11.3. The van der Waals surface area contributed by atoms with Crippen molar-refractivity contribution in [2.45, 2.75) is 76.4 Å². The number of nitrogens with one attached hydrogen (secondary N) is 1. The molecule has 0 radical (unpaired) electrons. The van der Waals surface area contributed by atoms with Crippen LogP contribution >= 0.6 is 0 Å². The Hall–Kier alpha value is -2.62. The molecule has 2 amide bonds. The summed E-state index contributed by atoms with van der Waals surface area (Å²) in [7, 11) is 0. The number of benzene rings is 2. The Bertz CT molecular complexity index is 887. The van der Waals surface area contributed by atoms with Gasteiger partial charge in [0.2, 0.25) is 5.91 Å². The Morgan fingerprint density at radius 1 is 0.967 bits per heavy atom. The van der Waals surface area contributed by atoms with Crippen molar-refractivity contribution in [2.75, 3.05) is 0 Å². The molecule has 1 fully saturated rings. The molecule has 1 saturated carbocycles. The lowest BCUT2D eigenvalue weighted by molar-refractivity contribution is -0.132. The minimum absolute atomic E-state index is 0.0214. The fourth-order valence-electron chi connectivity index (χ4n) is 4.88. The lowest BCUT2D eigenvalue weighted by Gasteiger charge is -2.44. The largest absolute Gasteiger partial charge is 0.351 e. The molecule has 2 aliphatic rings. The molecular formula is C26H32N2O2. The molecule has 1 N–H and O–H groups in total. The van der Waals surface area contributed by atoms with Crippen LogP contribution in [0.5, 0.6) is 0 Å². The zero-order chi connectivity index (χ0) is 21.0. The maximum absolute atomic E-state index is 13.6. The maximum Gasteiger partial charge on any atom is 0.255 e. The van der Waals surface area contributed by atoms with Crippen LogP contribution in [-0.2, 0) is 17.8 Å². The first-order chi connectivity index (χ1) is 14.6. The van der Waals surface area contributed by atoms with Crippen LogP contribution in [0, 0.1) is 0 Å². The van der Waals surface area contributed by atoms with Gasteiger partial charge in [0.05, 0.1) is 0 Å². The number of amides is 2. The third kappa shape index (κ3) is 4.28. The number of carbonyl (C=O) groups excluding carboxylic acids is 2. The molecule has 1 atom stereocenters. The van der Waals surface area contributed by atoms with Crippen LogP contribution < -0.4 is 5.32 Å². The second kappa shape index (κ2) is 9.03. The maximum atomic E-state index is 13.6. The lowest BCUT2D eigenvalue weighted by Crippen LogP contribution is -2.63. The Morgan fingerprint density at radius 3 is 2.33 bits per heavy atom. The fraction of sp³-hybridized carbons (Fsp3) is 0.462. The number of nitrogens with zero attached hydrogens (tertiary/aromatic N) is 1. The van der Waals surface area contributed by atoms with Crippen molar-refractivity contribution >= 4 is 11.8 Å². The minimum atomic E-state index is -0.899. The Balaban J connectivity index is 1.62. The normalized spacial score (nSPS) is 22.7. The third-order valence-corrected chi connectivity index (χ3v) is 6.74. The molecule has 4 nitrogen and oxygen atoms in total. The fourth-order valence-corrected chi connectivity index (χ4v) is 4.88. The highest BCUT2D eigenvalue weighted by atomic mass is 16.2. The summed E-state index contributed by atoms with van der Waals surface area (Å²) in [6.45, 7) is 2.37. The summed E-state index contributed by atoms with van der Waals surface area (Å²) in [5.74, 6) is -0.0807. The Labute approximate surface area is 179 Å². The molecular weight excluding hydrogens is 372 g/mol. The predicted octanol–water partition coefficient (Wildman–Crippen LogP) is 4.87. The number of carbonyl (C=O) groups is 2. The third-order valence-electron chi connectivity index (χ3n) is 6.74. The van der Waals surface area contributed by atoms with Crippen molar-refractivity contribution < 1.29 is 9.59 Å². The average Bonchev–Trinajstić information content (AvgIpc) is 2.73. The lowest BCUT2D eigenvalue weighted by atomic mass is 9.82. The van der Waals surface area contributed by atoms with Crippen molar-refractivity contribution in [3.05, 3.63) is 71.3 Å². The molecule has 30 heavy (non-hydrogen) atoms. The highest BCUT2D eigenvalue weighted by Gasteiger charge is 2.47. The van der Waals surface area contributed by atoms with Gasteiger partial charge in [-0.3, -0.25) is 9.59 Å². The van der Waals surface area contributed by atoms with Crippen LogP contribution in [0.2, 0.25) is 0 Å². The van der Waals surface area contributed by atoms with Gasteiger partial charge in [0.1, 0.15) is 5.54 Å². The van der Waals surface area contributed by atoms with Gasteiger partial charge in [-0.1, -0.05) is 80.6 Å². The number of fused-ring (bicyclic) bond motifs is 1. The quantitative estimate of drug-likeness (QED) is 0.790. The zero-order valence-corrected chi connectivity index (χ0v) is 17.9. The Kier molecular flexibility index (Phi) is 6.21. The van der Waals surface area contributed by atoms with E-state index in [4.69, 9.17) is 0 Å². The van der Waals surface area contributed by atoms with Crippen molar-refractivity contribution in [3.63, 3.8) is 0 Å². The molecule has 2 aromatic carbocycles. The van der Waals surface area contributed by atoms with E-state index in [-0.39, 0.29) is 17.9 Å². The van der Waals surface area contributed by atoms with E-state index in [1.54, 1.807) is 4.90 Å². The number of hydrogen-bond donors (Lipinski definition) is 1. The van der Waals surface area contributed by atoms with E-state index in [9.17, 15) is 9.59 Å². The van der Waals surface area contributed by atoms with E-state index in [1.807, 2.05) is 61.5 Å². The van der Waals surface area contributed by atoms with E-state index in [1.165, 1.54) is 19.3 Å². The van der Waals surface area contributed by atoms with Gasteiger partial charge in [0.15, 0.2) is 0 Å². The predicted molar refractivity (Wildman–Crippen MR) is 119 cm³/mol. The molecule has 0 aromatic heterocycles. The second-order valence-electron chi connectivity index (χ2n) is 9.00. The molecule has 2 aromatic rings. The van der Waals surface area contributed by atoms with Gasteiger partial charge < -0.3 is 10.2 Å². The van der Waals surface area contributed by atoms with Crippen LogP contribution in [-0.4, -0.2) is 28.3 Å². The molecule has 158 valence electrons. The van der Waals surface area contributed by atoms with Crippen molar-refractivity contribution in [2.24, 2.45) is 0 Å². The van der Waals surface area contributed by atoms with E-state index in [2.05, 4.69) is 5.32 Å². The summed E-state index contributed by atoms with van der Waals surface area (Å²) < 4.78 is 0. The molecule has 4 rings (SSSR count). The first-order valence-corrected chi connectivity index (χ1v) is 11.3. The highest BCUT2D eigenvalue weighted by molar-refractivity contribution is 6.02. The van der Waals surface area contributed by atoms with Gasteiger partial charge in [-0.15, -0.1) is 0 Å². The zero-order valence-electron chi connectivity index (χ0n) is 17.9. The Morgan fingerprint density at radius 2 is 1.60 bits per heavy atom. The highest BCUT2D eigenvalue weighted by Crippen LogP contribution is 2.33. The average molecular weight is 405 g/mol.